The summed E-state index contributed by atoms with van der Waals surface area (Å²) in [6.07, 6.45) is 0. The zero-order valence-electron chi connectivity index (χ0n) is 12.6. The quantitative estimate of drug-likeness (QED) is 0.714. The van der Waals surface area contributed by atoms with Crippen molar-refractivity contribution in [2.45, 2.75) is 12.6 Å². The molecule has 3 heteroatoms. The summed E-state index contributed by atoms with van der Waals surface area (Å²) in [5.41, 5.74) is 6.50. The third-order valence-corrected chi connectivity index (χ3v) is 3.96. The van der Waals surface area contributed by atoms with Crippen molar-refractivity contribution in [3.05, 3.63) is 95.6 Å². The van der Waals surface area contributed by atoms with Crippen LogP contribution in [0.15, 0.2) is 78.9 Å². The molecule has 0 atom stereocenters. The highest BCUT2D eigenvalue weighted by Crippen LogP contribution is 2.42. The smallest absolute Gasteiger partial charge is 0.132 e. The Bertz CT molecular complexity index is 756. The molecule has 0 aromatic heterocycles. The van der Waals surface area contributed by atoms with Gasteiger partial charge in [-0.25, -0.2) is 0 Å². The molecule has 0 aliphatic carbocycles. The molecule has 23 heavy (non-hydrogen) atoms. The van der Waals surface area contributed by atoms with E-state index in [1.807, 2.05) is 66.7 Å². The highest BCUT2D eigenvalue weighted by atomic mass is 16.6. The number of hydrogen-bond donors (Lipinski definition) is 1. The molecular weight excluding hydrogens is 286 g/mol. The summed E-state index contributed by atoms with van der Waals surface area (Å²) in [7, 11) is 0. The maximum absolute atomic E-state index is 5.98. The number of ether oxygens (including phenoxy) is 1. The average molecular weight is 303 g/mol. The van der Waals surface area contributed by atoms with Gasteiger partial charge in [-0.15, -0.1) is 0 Å². The number of fused-ring (bicyclic) bond motifs is 2. The standard InChI is InChI=1S/C20H17NO2/c1-2-8-15(9-3-1)14-22-21-20-16-10-4-6-12-18(16)23-19-13-7-5-11-17(19)20/h1-13,20-21H,14H2. The Hall–Kier alpha value is -2.62. The molecule has 3 nitrogen and oxygen atoms in total. The lowest BCUT2D eigenvalue weighted by molar-refractivity contribution is 0.00978. The van der Waals surface area contributed by atoms with E-state index < -0.39 is 0 Å². The van der Waals surface area contributed by atoms with E-state index in [4.69, 9.17) is 9.57 Å². The molecule has 1 aliphatic heterocycles. The fourth-order valence-electron chi connectivity index (χ4n) is 2.82. The van der Waals surface area contributed by atoms with E-state index in [1.54, 1.807) is 0 Å². The minimum atomic E-state index is -0.0418. The molecule has 3 aromatic rings. The van der Waals surface area contributed by atoms with Gasteiger partial charge in [-0.2, -0.15) is 5.48 Å². The third kappa shape index (κ3) is 2.84. The highest BCUT2D eigenvalue weighted by molar-refractivity contribution is 5.52. The van der Waals surface area contributed by atoms with Gasteiger partial charge in [-0.3, -0.25) is 4.84 Å². The third-order valence-electron chi connectivity index (χ3n) is 3.96. The first kappa shape index (κ1) is 14.0. The van der Waals surface area contributed by atoms with Gasteiger partial charge < -0.3 is 4.74 Å². The summed E-state index contributed by atoms with van der Waals surface area (Å²) in [6, 6.07) is 26.2. The Labute approximate surface area is 135 Å². The topological polar surface area (TPSA) is 30.5 Å². The van der Waals surface area contributed by atoms with Crippen molar-refractivity contribution < 1.29 is 9.57 Å². The first-order valence-electron chi connectivity index (χ1n) is 7.69. The van der Waals surface area contributed by atoms with Crippen molar-refractivity contribution >= 4 is 0 Å². The minimum Gasteiger partial charge on any atom is -0.457 e. The molecule has 1 aliphatic rings. The molecule has 0 unspecified atom stereocenters. The SMILES string of the molecule is c1ccc(CONC2c3ccccc3Oc3ccccc32)cc1. The number of nitrogens with one attached hydrogen (secondary N) is 1. The maximum atomic E-state index is 5.98. The largest absolute Gasteiger partial charge is 0.457 e. The lowest BCUT2D eigenvalue weighted by atomic mass is 9.95. The van der Waals surface area contributed by atoms with Crippen molar-refractivity contribution in [2.75, 3.05) is 0 Å². The van der Waals surface area contributed by atoms with Crippen LogP contribution in [0.1, 0.15) is 22.7 Å². The summed E-state index contributed by atoms with van der Waals surface area (Å²) >= 11 is 0. The van der Waals surface area contributed by atoms with Gasteiger partial charge in [-0.05, 0) is 17.7 Å². The van der Waals surface area contributed by atoms with Crippen LogP contribution in [0.5, 0.6) is 11.5 Å². The van der Waals surface area contributed by atoms with E-state index in [0.29, 0.717) is 6.61 Å². The van der Waals surface area contributed by atoms with E-state index in [0.717, 1.165) is 28.2 Å². The van der Waals surface area contributed by atoms with Crippen LogP contribution in [0.4, 0.5) is 0 Å². The predicted octanol–water partition coefficient (Wildman–Crippen LogP) is 4.60. The van der Waals surface area contributed by atoms with Gasteiger partial charge in [0, 0.05) is 11.1 Å². The van der Waals surface area contributed by atoms with Crippen LogP contribution in [0, 0.1) is 0 Å². The molecular formula is C20H17NO2. The van der Waals surface area contributed by atoms with Crippen LogP contribution in [-0.4, -0.2) is 0 Å². The van der Waals surface area contributed by atoms with Crippen molar-refractivity contribution in [1.29, 1.82) is 0 Å². The first-order chi connectivity index (χ1) is 11.4. The normalized spacial score (nSPS) is 13.0. The molecule has 0 fully saturated rings. The molecule has 4 rings (SSSR count). The number of hydroxylamine groups is 1. The van der Waals surface area contributed by atoms with Gasteiger partial charge in [0.25, 0.3) is 0 Å². The van der Waals surface area contributed by atoms with Crippen molar-refractivity contribution in [1.82, 2.24) is 5.48 Å². The summed E-state index contributed by atoms with van der Waals surface area (Å²) in [5, 5.41) is 0. The van der Waals surface area contributed by atoms with Gasteiger partial charge in [0.1, 0.15) is 11.5 Å². The monoisotopic (exact) mass is 303 g/mol. The Morgan fingerprint density at radius 1 is 0.739 bits per heavy atom. The molecule has 0 spiro atoms. The number of hydrogen-bond acceptors (Lipinski definition) is 3. The van der Waals surface area contributed by atoms with Gasteiger partial charge in [0.05, 0.1) is 12.6 Å². The van der Waals surface area contributed by atoms with E-state index >= 15 is 0 Å². The first-order valence-corrected chi connectivity index (χ1v) is 7.69. The minimum absolute atomic E-state index is 0.0418. The van der Waals surface area contributed by atoms with E-state index in [1.165, 1.54) is 0 Å². The summed E-state index contributed by atoms with van der Waals surface area (Å²) in [4.78, 5) is 5.77. The second-order valence-corrected chi connectivity index (χ2v) is 5.50. The van der Waals surface area contributed by atoms with Gasteiger partial charge >= 0.3 is 0 Å². The Balaban J connectivity index is 1.57. The van der Waals surface area contributed by atoms with Crippen LogP contribution < -0.4 is 10.2 Å². The van der Waals surface area contributed by atoms with E-state index in [9.17, 15) is 0 Å². The van der Waals surface area contributed by atoms with Crippen LogP contribution >= 0.6 is 0 Å². The molecule has 114 valence electrons. The lowest BCUT2D eigenvalue weighted by Gasteiger charge is -2.28. The Morgan fingerprint density at radius 3 is 1.96 bits per heavy atom. The molecule has 0 bridgehead atoms. The van der Waals surface area contributed by atoms with E-state index in [2.05, 4.69) is 17.6 Å². The van der Waals surface area contributed by atoms with Gasteiger partial charge in [-0.1, -0.05) is 66.7 Å². The summed E-state index contributed by atoms with van der Waals surface area (Å²) < 4.78 is 5.98. The lowest BCUT2D eigenvalue weighted by Crippen LogP contribution is -2.25. The predicted molar refractivity (Wildman–Crippen MR) is 89.2 cm³/mol. The zero-order valence-corrected chi connectivity index (χ0v) is 12.6. The molecule has 0 saturated carbocycles. The highest BCUT2D eigenvalue weighted by Gasteiger charge is 2.26. The average Bonchev–Trinajstić information content (AvgIpc) is 2.62. The summed E-state index contributed by atoms with van der Waals surface area (Å²) in [5.74, 6) is 1.74. The molecule has 1 N–H and O–H groups in total. The Kier molecular flexibility index (Phi) is 3.80. The van der Waals surface area contributed by atoms with Gasteiger partial charge in [0.2, 0.25) is 0 Å². The fraction of sp³-hybridized carbons (Fsp3) is 0.100. The second kappa shape index (κ2) is 6.24. The molecule has 0 radical (unpaired) electrons. The van der Waals surface area contributed by atoms with Crippen molar-refractivity contribution in [2.24, 2.45) is 0 Å². The fourth-order valence-corrected chi connectivity index (χ4v) is 2.82. The Morgan fingerprint density at radius 2 is 1.30 bits per heavy atom. The van der Waals surface area contributed by atoms with Crippen LogP contribution in [0.25, 0.3) is 0 Å². The molecule has 0 amide bonds. The van der Waals surface area contributed by atoms with Gasteiger partial charge in [0.15, 0.2) is 0 Å². The van der Waals surface area contributed by atoms with Crippen LogP contribution in [0.2, 0.25) is 0 Å². The number of rotatable bonds is 4. The summed E-state index contributed by atoms with van der Waals surface area (Å²) in [6.45, 7) is 0.516. The number of benzene rings is 3. The molecule has 3 aromatic carbocycles. The van der Waals surface area contributed by atoms with Crippen LogP contribution in [-0.2, 0) is 11.4 Å². The number of para-hydroxylation sites is 2. The maximum Gasteiger partial charge on any atom is 0.132 e. The second-order valence-electron chi connectivity index (χ2n) is 5.50. The molecule has 0 saturated heterocycles. The zero-order chi connectivity index (χ0) is 15.5. The molecule has 1 heterocycles. The van der Waals surface area contributed by atoms with E-state index in [-0.39, 0.29) is 6.04 Å². The van der Waals surface area contributed by atoms with Crippen LogP contribution in [0.3, 0.4) is 0 Å². The van der Waals surface area contributed by atoms with Crippen molar-refractivity contribution in [3.8, 4) is 11.5 Å². The van der Waals surface area contributed by atoms with Crippen molar-refractivity contribution in [3.63, 3.8) is 0 Å².